The van der Waals surface area contributed by atoms with Gasteiger partial charge in [0.2, 0.25) is 0 Å². The van der Waals surface area contributed by atoms with Crippen LogP contribution in [0.2, 0.25) is 0 Å². The fourth-order valence-corrected chi connectivity index (χ4v) is 6.54. The molecule has 0 heterocycles. The Kier molecular flexibility index (Phi) is 43.5. The lowest BCUT2D eigenvalue weighted by Crippen LogP contribution is -2.30. The highest BCUT2D eigenvalue weighted by molar-refractivity contribution is 5.72. The average molecular weight is 797 g/mol. The molecule has 0 saturated carbocycles. The molecule has 0 aliphatic carbocycles. The molecule has 328 valence electrons. The van der Waals surface area contributed by atoms with E-state index in [0.29, 0.717) is 12.8 Å². The smallest absolute Gasteiger partial charge is 0.309 e. The summed E-state index contributed by atoms with van der Waals surface area (Å²) in [4.78, 5) is 37.7. The Morgan fingerprint density at radius 2 is 0.754 bits per heavy atom. The van der Waals surface area contributed by atoms with Crippen molar-refractivity contribution in [2.75, 3.05) is 13.2 Å². The molecule has 0 rings (SSSR count). The molecule has 0 saturated heterocycles. The maximum absolute atomic E-state index is 12.7. The van der Waals surface area contributed by atoms with Crippen LogP contribution in [0.5, 0.6) is 0 Å². The summed E-state index contributed by atoms with van der Waals surface area (Å²) in [6.45, 7) is 6.31. The first kappa shape index (κ1) is 54.1. The van der Waals surface area contributed by atoms with Gasteiger partial charge in [-0.3, -0.25) is 14.4 Å². The van der Waals surface area contributed by atoms with Crippen LogP contribution in [0, 0.1) is 0 Å². The highest BCUT2D eigenvalue weighted by Crippen LogP contribution is 2.15. The third kappa shape index (κ3) is 44.1. The third-order valence-corrected chi connectivity index (χ3v) is 10.1. The number of esters is 3. The highest BCUT2D eigenvalue weighted by atomic mass is 16.6. The standard InChI is InChI=1S/C51H88O6/c1-4-7-10-13-16-19-21-23-25-26-28-29-32-35-38-41-44-50(53)56-47-48(46-55-49(52)43-40-37-34-31-18-15-12-9-6-3)57-51(54)45-42-39-36-33-30-27-24-22-20-17-14-11-8-5-2/h8-9,11-12,17-18,20,31,37,40,48H,4-7,10,13-16,19,21-30,32-36,38-39,41-47H2,1-3H3/b11-8-,12-9-,20-17-,31-18-,40-37-. The number of hydrogen-bond acceptors (Lipinski definition) is 6. The molecule has 0 aromatic rings. The van der Waals surface area contributed by atoms with Crippen molar-refractivity contribution in [3.8, 4) is 0 Å². The van der Waals surface area contributed by atoms with Crippen molar-refractivity contribution in [3.05, 3.63) is 60.8 Å². The van der Waals surface area contributed by atoms with E-state index in [-0.39, 0.29) is 31.6 Å². The van der Waals surface area contributed by atoms with Crippen LogP contribution in [0.4, 0.5) is 0 Å². The van der Waals surface area contributed by atoms with E-state index in [1.807, 2.05) is 6.08 Å². The van der Waals surface area contributed by atoms with E-state index in [9.17, 15) is 14.4 Å². The number of unbranched alkanes of at least 4 members (excludes halogenated alkanes) is 22. The molecule has 0 bridgehead atoms. The van der Waals surface area contributed by atoms with E-state index in [1.165, 1.54) is 109 Å². The SMILES string of the molecule is CC/C=C\C/C=C\C/C=C\CC(=O)OCC(COC(=O)CCCCCCCCCCCCCCCCCC)OC(=O)CCCCCCCCC/C=C\C/C=C\CC. The third-order valence-electron chi connectivity index (χ3n) is 10.1. The Hall–Kier alpha value is -2.89. The lowest BCUT2D eigenvalue weighted by molar-refractivity contribution is -0.166. The summed E-state index contributed by atoms with van der Waals surface area (Å²) in [7, 11) is 0. The molecule has 0 fully saturated rings. The highest BCUT2D eigenvalue weighted by Gasteiger charge is 2.19. The van der Waals surface area contributed by atoms with Crippen LogP contribution in [0.15, 0.2) is 60.8 Å². The molecule has 0 spiro atoms. The first-order valence-electron chi connectivity index (χ1n) is 23.8. The van der Waals surface area contributed by atoms with Crippen molar-refractivity contribution in [2.24, 2.45) is 0 Å². The summed E-state index contributed by atoms with van der Waals surface area (Å²) in [5, 5.41) is 0. The lowest BCUT2D eigenvalue weighted by atomic mass is 10.0. The van der Waals surface area contributed by atoms with Crippen molar-refractivity contribution in [2.45, 2.75) is 232 Å². The Labute approximate surface area is 351 Å². The number of carbonyl (C=O) groups excluding carboxylic acids is 3. The molecule has 1 atom stereocenters. The van der Waals surface area contributed by atoms with E-state index < -0.39 is 12.1 Å². The minimum Gasteiger partial charge on any atom is -0.462 e. The van der Waals surface area contributed by atoms with Gasteiger partial charge in [-0.25, -0.2) is 0 Å². The van der Waals surface area contributed by atoms with Gasteiger partial charge in [-0.1, -0.05) is 210 Å². The second-order valence-electron chi connectivity index (χ2n) is 15.6. The summed E-state index contributed by atoms with van der Waals surface area (Å²) >= 11 is 0. The van der Waals surface area contributed by atoms with Crippen LogP contribution in [-0.4, -0.2) is 37.2 Å². The van der Waals surface area contributed by atoms with Gasteiger partial charge >= 0.3 is 17.9 Å². The quantitative estimate of drug-likeness (QED) is 0.0265. The van der Waals surface area contributed by atoms with Gasteiger partial charge in [0.1, 0.15) is 13.2 Å². The summed E-state index contributed by atoms with van der Waals surface area (Å²) in [5.41, 5.74) is 0. The van der Waals surface area contributed by atoms with Crippen molar-refractivity contribution in [1.29, 1.82) is 0 Å². The Morgan fingerprint density at radius 1 is 0.386 bits per heavy atom. The fraction of sp³-hybridized carbons (Fsp3) is 0.745. The number of hydrogen-bond donors (Lipinski definition) is 0. The van der Waals surface area contributed by atoms with Crippen LogP contribution in [0.25, 0.3) is 0 Å². The van der Waals surface area contributed by atoms with Gasteiger partial charge in [-0.15, -0.1) is 0 Å². The second kappa shape index (κ2) is 45.8. The van der Waals surface area contributed by atoms with E-state index in [4.69, 9.17) is 14.2 Å². The normalized spacial score (nSPS) is 12.5. The van der Waals surface area contributed by atoms with Gasteiger partial charge in [-0.2, -0.15) is 0 Å². The molecule has 6 heteroatoms. The largest absolute Gasteiger partial charge is 0.462 e. The Bertz CT molecular complexity index is 1050. The summed E-state index contributed by atoms with van der Waals surface area (Å²) in [5.74, 6) is -1.04. The molecule has 0 radical (unpaired) electrons. The molecule has 0 amide bonds. The lowest BCUT2D eigenvalue weighted by Gasteiger charge is -2.18. The predicted octanol–water partition coefficient (Wildman–Crippen LogP) is 15.3. The Balaban J connectivity index is 4.38. The number of ether oxygens (including phenoxy) is 3. The topological polar surface area (TPSA) is 78.9 Å². The molecular weight excluding hydrogens is 709 g/mol. The zero-order valence-corrected chi connectivity index (χ0v) is 37.3. The summed E-state index contributed by atoms with van der Waals surface area (Å²) in [6, 6.07) is 0. The zero-order chi connectivity index (χ0) is 41.5. The molecular formula is C51H88O6. The monoisotopic (exact) mass is 797 g/mol. The number of allylic oxidation sites excluding steroid dienone is 9. The van der Waals surface area contributed by atoms with Crippen LogP contribution < -0.4 is 0 Å². The van der Waals surface area contributed by atoms with Crippen molar-refractivity contribution in [1.82, 2.24) is 0 Å². The first-order valence-corrected chi connectivity index (χ1v) is 23.8. The molecule has 1 unspecified atom stereocenters. The van der Waals surface area contributed by atoms with Gasteiger partial charge in [0.05, 0.1) is 6.42 Å². The molecule has 57 heavy (non-hydrogen) atoms. The van der Waals surface area contributed by atoms with Crippen molar-refractivity contribution >= 4 is 17.9 Å². The molecule has 0 aliphatic rings. The van der Waals surface area contributed by atoms with Crippen LogP contribution in [-0.2, 0) is 28.6 Å². The minimum absolute atomic E-state index is 0.103. The zero-order valence-electron chi connectivity index (χ0n) is 37.3. The molecule has 0 N–H and O–H groups in total. The van der Waals surface area contributed by atoms with E-state index in [2.05, 4.69) is 69.4 Å². The molecule has 0 aromatic carbocycles. The van der Waals surface area contributed by atoms with E-state index in [0.717, 1.165) is 77.0 Å². The van der Waals surface area contributed by atoms with Gasteiger partial charge in [0.25, 0.3) is 0 Å². The van der Waals surface area contributed by atoms with E-state index in [1.54, 1.807) is 6.08 Å². The molecule has 0 aromatic heterocycles. The van der Waals surface area contributed by atoms with Gasteiger partial charge in [0.15, 0.2) is 6.10 Å². The maximum atomic E-state index is 12.7. The minimum atomic E-state index is -0.809. The van der Waals surface area contributed by atoms with Gasteiger partial charge in [0, 0.05) is 12.8 Å². The van der Waals surface area contributed by atoms with Crippen LogP contribution in [0.3, 0.4) is 0 Å². The summed E-state index contributed by atoms with van der Waals surface area (Å²) in [6.07, 6.45) is 55.3. The van der Waals surface area contributed by atoms with Gasteiger partial charge in [-0.05, 0) is 57.8 Å². The molecule has 0 aliphatic heterocycles. The Morgan fingerprint density at radius 3 is 1.23 bits per heavy atom. The average Bonchev–Trinajstić information content (AvgIpc) is 3.21. The predicted molar refractivity (Wildman–Crippen MR) is 242 cm³/mol. The maximum Gasteiger partial charge on any atom is 0.309 e. The van der Waals surface area contributed by atoms with Crippen molar-refractivity contribution < 1.29 is 28.6 Å². The van der Waals surface area contributed by atoms with Crippen LogP contribution >= 0.6 is 0 Å². The van der Waals surface area contributed by atoms with Crippen LogP contribution in [0.1, 0.15) is 226 Å². The first-order chi connectivity index (χ1) is 28.0. The summed E-state index contributed by atoms with van der Waals surface area (Å²) < 4.78 is 16.6. The molecule has 6 nitrogen and oxygen atoms in total. The fourth-order valence-electron chi connectivity index (χ4n) is 6.54. The van der Waals surface area contributed by atoms with Gasteiger partial charge < -0.3 is 14.2 Å². The number of carbonyl (C=O) groups is 3. The van der Waals surface area contributed by atoms with E-state index >= 15 is 0 Å². The number of rotatable bonds is 42. The second-order valence-corrected chi connectivity index (χ2v) is 15.6. The van der Waals surface area contributed by atoms with Crippen molar-refractivity contribution in [3.63, 3.8) is 0 Å².